The Balaban J connectivity index is 4.77. The first-order chi connectivity index (χ1) is 16.8. The maximum Gasteiger partial charge on any atom is 0.327 e. The third-order valence-corrected chi connectivity index (χ3v) is 5.68. The van der Waals surface area contributed by atoms with Gasteiger partial charge in [0.2, 0.25) is 0 Å². The van der Waals surface area contributed by atoms with Gasteiger partial charge in [-0.25, -0.2) is 0 Å². The standard InChI is InChI=1S/C24H51O11P/c1-7-20(26)13-32-22(14-31-10-11-36(27,28)29)17-33-21(12-25)16-34-23(18-35-24(4,5)6)15-30-9-8-19(2)3/h19-23,25-26H,7-18H2,1-6H3,(H2,27,28,29). The molecule has 12 heteroatoms. The summed E-state index contributed by atoms with van der Waals surface area (Å²) in [5.41, 5.74) is -0.334. The zero-order valence-corrected chi connectivity index (χ0v) is 23.9. The predicted octanol–water partition coefficient (Wildman–Crippen LogP) is 1.98. The normalized spacial score (nSPS) is 16.3. The monoisotopic (exact) mass is 546 g/mol. The molecule has 0 heterocycles. The lowest BCUT2D eigenvalue weighted by Gasteiger charge is -2.27. The smallest absolute Gasteiger partial charge is 0.327 e. The molecule has 0 aliphatic heterocycles. The molecule has 0 aliphatic carbocycles. The van der Waals surface area contributed by atoms with E-state index in [4.69, 9.17) is 38.2 Å². The van der Waals surface area contributed by atoms with Crippen LogP contribution < -0.4 is 0 Å². The zero-order chi connectivity index (χ0) is 27.6. The molecule has 0 aromatic rings. The number of aliphatic hydroxyl groups is 2. The Morgan fingerprint density at radius 2 is 1.33 bits per heavy atom. The molecular formula is C24H51O11P. The van der Waals surface area contributed by atoms with Crippen LogP contribution in [0.5, 0.6) is 0 Å². The molecule has 0 saturated carbocycles. The van der Waals surface area contributed by atoms with Crippen LogP contribution in [0.1, 0.15) is 54.4 Å². The second kappa shape index (κ2) is 19.8. The highest BCUT2D eigenvalue weighted by Gasteiger charge is 2.21. The summed E-state index contributed by atoms with van der Waals surface area (Å²) in [5.74, 6) is 0.539. The highest BCUT2D eigenvalue weighted by atomic mass is 31.2. The largest absolute Gasteiger partial charge is 0.394 e. The van der Waals surface area contributed by atoms with Gasteiger partial charge in [0.05, 0.1) is 70.7 Å². The van der Waals surface area contributed by atoms with Crippen LogP contribution in [0.15, 0.2) is 0 Å². The predicted molar refractivity (Wildman–Crippen MR) is 136 cm³/mol. The fraction of sp³-hybridized carbons (Fsp3) is 1.00. The molecule has 4 atom stereocenters. The van der Waals surface area contributed by atoms with Gasteiger partial charge >= 0.3 is 7.60 Å². The average molecular weight is 547 g/mol. The van der Waals surface area contributed by atoms with E-state index in [0.717, 1.165) is 6.42 Å². The van der Waals surface area contributed by atoms with Crippen molar-refractivity contribution in [2.24, 2.45) is 5.92 Å². The maximum atomic E-state index is 11.0. The summed E-state index contributed by atoms with van der Waals surface area (Å²) < 4.78 is 45.3. The van der Waals surface area contributed by atoms with Gasteiger partial charge in [0.1, 0.15) is 18.3 Å². The molecule has 0 fully saturated rings. The van der Waals surface area contributed by atoms with Gasteiger partial charge in [0, 0.05) is 6.61 Å². The molecule has 0 aromatic carbocycles. The summed E-state index contributed by atoms with van der Waals surface area (Å²) in [6.45, 7) is 13.1. The van der Waals surface area contributed by atoms with Gasteiger partial charge in [-0.1, -0.05) is 20.8 Å². The number of hydrogen-bond acceptors (Lipinski definition) is 9. The molecule has 0 spiro atoms. The van der Waals surface area contributed by atoms with E-state index >= 15 is 0 Å². The van der Waals surface area contributed by atoms with Gasteiger partial charge in [-0.3, -0.25) is 4.57 Å². The van der Waals surface area contributed by atoms with Gasteiger partial charge in [-0.15, -0.1) is 0 Å². The van der Waals surface area contributed by atoms with Crippen LogP contribution in [0.3, 0.4) is 0 Å². The van der Waals surface area contributed by atoms with Gasteiger partial charge < -0.3 is 48.4 Å². The Morgan fingerprint density at radius 1 is 0.806 bits per heavy atom. The van der Waals surface area contributed by atoms with Crippen molar-refractivity contribution in [3.05, 3.63) is 0 Å². The lowest BCUT2D eigenvalue weighted by atomic mass is 10.1. The molecule has 11 nitrogen and oxygen atoms in total. The second-order valence-electron chi connectivity index (χ2n) is 10.3. The van der Waals surface area contributed by atoms with Crippen LogP contribution in [0.25, 0.3) is 0 Å². The molecule has 0 aromatic heterocycles. The minimum absolute atomic E-state index is 0.0151. The highest BCUT2D eigenvalue weighted by molar-refractivity contribution is 7.51. The van der Waals surface area contributed by atoms with E-state index in [0.29, 0.717) is 32.2 Å². The fourth-order valence-electron chi connectivity index (χ4n) is 2.57. The Bertz CT molecular complexity index is 565. The third kappa shape index (κ3) is 23.0. The van der Waals surface area contributed by atoms with E-state index in [1.54, 1.807) is 0 Å². The van der Waals surface area contributed by atoms with Crippen molar-refractivity contribution in [3.8, 4) is 0 Å². The van der Waals surface area contributed by atoms with E-state index in [2.05, 4.69) is 13.8 Å². The lowest BCUT2D eigenvalue weighted by molar-refractivity contribution is -0.139. The van der Waals surface area contributed by atoms with Gasteiger partial charge in [-0.2, -0.15) is 0 Å². The van der Waals surface area contributed by atoms with Crippen molar-refractivity contribution in [1.82, 2.24) is 0 Å². The van der Waals surface area contributed by atoms with Crippen molar-refractivity contribution < 1.29 is 53.0 Å². The highest BCUT2D eigenvalue weighted by Crippen LogP contribution is 2.33. The van der Waals surface area contributed by atoms with E-state index in [1.165, 1.54) is 0 Å². The molecule has 36 heavy (non-hydrogen) atoms. The second-order valence-corrected chi connectivity index (χ2v) is 12.0. The number of aliphatic hydroxyl groups excluding tert-OH is 2. The van der Waals surface area contributed by atoms with Crippen molar-refractivity contribution in [2.75, 3.05) is 65.6 Å². The SMILES string of the molecule is CCC(O)COC(COCCP(=O)(O)O)COC(CO)COC(COCCC(C)C)COC(C)(C)C. The van der Waals surface area contributed by atoms with E-state index < -0.39 is 32.1 Å². The molecule has 0 bridgehead atoms. The summed E-state index contributed by atoms with van der Waals surface area (Å²) >= 11 is 0. The van der Waals surface area contributed by atoms with Crippen LogP contribution in [0.4, 0.5) is 0 Å². The van der Waals surface area contributed by atoms with Crippen molar-refractivity contribution in [3.63, 3.8) is 0 Å². The molecule has 0 rings (SSSR count). The summed E-state index contributed by atoms with van der Waals surface area (Å²) in [6.07, 6.45) is -1.18. The van der Waals surface area contributed by atoms with Crippen LogP contribution in [-0.4, -0.2) is 116 Å². The third-order valence-electron chi connectivity index (χ3n) is 4.91. The first-order valence-electron chi connectivity index (χ1n) is 12.7. The Labute approximate surface area is 216 Å². The zero-order valence-electron chi connectivity index (χ0n) is 23.0. The van der Waals surface area contributed by atoms with Crippen molar-refractivity contribution >= 4 is 7.60 Å². The van der Waals surface area contributed by atoms with Crippen LogP contribution in [0, 0.1) is 5.92 Å². The molecule has 4 N–H and O–H groups in total. The number of rotatable bonds is 23. The van der Waals surface area contributed by atoms with Gasteiger partial charge in [0.25, 0.3) is 0 Å². The van der Waals surface area contributed by atoms with Crippen LogP contribution >= 0.6 is 7.60 Å². The van der Waals surface area contributed by atoms with E-state index in [-0.39, 0.29) is 51.3 Å². The molecule has 0 aliphatic rings. The van der Waals surface area contributed by atoms with E-state index in [9.17, 15) is 14.8 Å². The molecule has 4 unspecified atom stereocenters. The maximum absolute atomic E-state index is 11.0. The minimum Gasteiger partial charge on any atom is -0.394 e. The van der Waals surface area contributed by atoms with Crippen molar-refractivity contribution in [1.29, 1.82) is 0 Å². The van der Waals surface area contributed by atoms with Crippen LogP contribution in [0.2, 0.25) is 0 Å². The molecule has 0 saturated heterocycles. The van der Waals surface area contributed by atoms with Gasteiger partial charge in [0.15, 0.2) is 0 Å². The first kappa shape index (κ1) is 35.8. The first-order valence-corrected chi connectivity index (χ1v) is 14.5. The van der Waals surface area contributed by atoms with Crippen molar-refractivity contribution in [2.45, 2.75) is 84.4 Å². The van der Waals surface area contributed by atoms with Crippen LogP contribution in [-0.2, 0) is 33.0 Å². The van der Waals surface area contributed by atoms with E-state index in [1.807, 2.05) is 27.7 Å². The number of hydrogen-bond donors (Lipinski definition) is 4. The lowest BCUT2D eigenvalue weighted by Crippen LogP contribution is -2.37. The summed E-state index contributed by atoms with van der Waals surface area (Å²) in [5, 5.41) is 19.6. The number of ether oxygens (including phenoxy) is 6. The van der Waals surface area contributed by atoms with Gasteiger partial charge in [-0.05, 0) is 39.5 Å². The summed E-state index contributed by atoms with van der Waals surface area (Å²) in [7, 11) is -4.16. The topological polar surface area (TPSA) is 153 Å². The Hall–Kier alpha value is -0.170. The molecule has 218 valence electrons. The Kier molecular flexibility index (Phi) is 19.7. The Morgan fingerprint density at radius 3 is 1.86 bits per heavy atom. The molecular weight excluding hydrogens is 495 g/mol. The quantitative estimate of drug-likeness (QED) is 0.110. The minimum atomic E-state index is -4.16. The summed E-state index contributed by atoms with van der Waals surface area (Å²) in [4.78, 5) is 17.9. The summed E-state index contributed by atoms with van der Waals surface area (Å²) in [6, 6.07) is 0. The molecule has 0 amide bonds. The average Bonchev–Trinajstić information content (AvgIpc) is 2.78. The fourth-order valence-corrected chi connectivity index (χ4v) is 2.94. The molecule has 0 radical (unpaired) electrons.